The largest absolute Gasteiger partial charge is 0.338 e. The minimum absolute atomic E-state index is 0.167. The SMILES string of the molecule is CC(C)=CN(C)C(=C(C)C)N(C)c1nc(-c2ccc(C(C)(C)C)cc2)cs1. The molecule has 2 aromatic rings. The van der Waals surface area contributed by atoms with E-state index in [2.05, 4.69) is 108 Å². The lowest BCUT2D eigenvalue weighted by molar-refractivity contribution is 0.536. The molecule has 27 heavy (non-hydrogen) atoms. The Balaban J connectivity index is 2.31. The predicted octanol–water partition coefficient (Wildman–Crippen LogP) is 6.65. The van der Waals surface area contributed by atoms with Crippen molar-refractivity contribution in [2.24, 2.45) is 0 Å². The fraction of sp³-hybridized carbons (Fsp3) is 0.435. The van der Waals surface area contributed by atoms with Crippen LogP contribution in [0.5, 0.6) is 0 Å². The Kier molecular flexibility index (Phi) is 6.53. The van der Waals surface area contributed by atoms with Gasteiger partial charge in [-0.15, -0.1) is 11.3 Å². The van der Waals surface area contributed by atoms with Crippen molar-refractivity contribution in [3.05, 3.63) is 58.4 Å². The monoisotopic (exact) mass is 383 g/mol. The second kappa shape index (κ2) is 8.30. The molecule has 0 N–H and O–H groups in total. The quantitative estimate of drug-likeness (QED) is 0.576. The van der Waals surface area contributed by atoms with E-state index >= 15 is 0 Å². The van der Waals surface area contributed by atoms with Gasteiger partial charge in [-0.25, -0.2) is 4.98 Å². The highest BCUT2D eigenvalue weighted by Gasteiger charge is 2.17. The first-order chi connectivity index (χ1) is 12.5. The van der Waals surface area contributed by atoms with E-state index in [0.29, 0.717) is 0 Å². The van der Waals surface area contributed by atoms with Crippen molar-refractivity contribution in [1.82, 2.24) is 9.88 Å². The molecule has 0 aliphatic carbocycles. The van der Waals surface area contributed by atoms with Gasteiger partial charge in [0.1, 0.15) is 5.82 Å². The molecule has 0 fully saturated rings. The number of hydrogen-bond acceptors (Lipinski definition) is 4. The van der Waals surface area contributed by atoms with Crippen molar-refractivity contribution < 1.29 is 0 Å². The molecule has 0 aliphatic rings. The third-order valence-corrected chi connectivity index (χ3v) is 5.29. The molecule has 0 aliphatic heterocycles. The Hall–Kier alpha value is -2.07. The number of hydrogen-bond donors (Lipinski definition) is 0. The maximum absolute atomic E-state index is 4.90. The molecule has 0 spiro atoms. The van der Waals surface area contributed by atoms with Crippen LogP contribution in [0.15, 0.2) is 52.8 Å². The summed E-state index contributed by atoms with van der Waals surface area (Å²) in [5, 5.41) is 3.14. The molecule has 146 valence electrons. The Labute approximate surface area is 169 Å². The van der Waals surface area contributed by atoms with Crippen molar-refractivity contribution in [1.29, 1.82) is 0 Å². The number of thiazole rings is 1. The van der Waals surface area contributed by atoms with Crippen LogP contribution < -0.4 is 4.90 Å². The van der Waals surface area contributed by atoms with E-state index in [0.717, 1.165) is 22.2 Å². The Bertz CT molecular complexity index is 827. The average molecular weight is 384 g/mol. The molecule has 0 amide bonds. The molecule has 2 rings (SSSR count). The summed E-state index contributed by atoms with van der Waals surface area (Å²) in [5.74, 6) is 1.15. The highest BCUT2D eigenvalue weighted by Crippen LogP contribution is 2.31. The summed E-state index contributed by atoms with van der Waals surface area (Å²) >= 11 is 1.68. The summed E-state index contributed by atoms with van der Waals surface area (Å²) in [4.78, 5) is 9.24. The highest BCUT2D eigenvalue weighted by molar-refractivity contribution is 7.14. The van der Waals surface area contributed by atoms with E-state index in [-0.39, 0.29) is 5.41 Å². The van der Waals surface area contributed by atoms with E-state index in [1.807, 2.05) is 0 Å². The molecule has 1 heterocycles. The van der Waals surface area contributed by atoms with Crippen LogP contribution in [-0.4, -0.2) is 24.0 Å². The van der Waals surface area contributed by atoms with Gasteiger partial charge in [0, 0.05) is 31.2 Å². The molecule has 0 unspecified atom stereocenters. The minimum atomic E-state index is 0.167. The zero-order valence-corrected chi connectivity index (χ0v) is 19.0. The first-order valence-electron chi connectivity index (χ1n) is 9.36. The van der Waals surface area contributed by atoms with E-state index in [9.17, 15) is 0 Å². The van der Waals surface area contributed by atoms with Crippen LogP contribution in [-0.2, 0) is 5.41 Å². The van der Waals surface area contributed by atoms with Crippen LogP contribution in [0.1, 0.15) is 54.0 Å². The smallest absolute Gasteiger partial charge is 0.191 e. The molecule has 4 heteroatoms. The number of aromatic nitrogens is 1. The fourth-order valence-electron chi connectivity index (χ4n) is 3.16. The van der Waals surface area contributed by atoms with E-state index < -0.39 is 0 Å². The molecular weight excluding hydrogens is 350 g/mol. The summed E-state index contributed by atoms with van der Waals surface area (Å²) in [6, 6.07) is 8.78. The van der Waals surface area contributed by atoms with Gasteiger partial charge in [-0.2, -0.15) is 0 Å². The highest BCUT2D eigenvalue weighted by atomic mass is 32.1. The molecule has 0 atom stereocenters. The van der Waals surface area contributed by atoms with Gasteiger partial charge in [-0.3, -0.25) is 0 Å². The summed E-state index contributed by atoms with van der Waals surface area (Å²) < 4.78 is 0. The lowest BCUT2D eigenvalue weighted by Crippen LogP contribution is -2.28. The van der Waals surface area contributed by atoms with Crippen LogP contribution >= 0.6 is 11.3 Å². The van der Waals surface area contributed by atoms with Gasteiger partial charge in [0.05, 0.1) is 5.69 Å². The third-order valence-electron chi connectivity index (χ3n) is 4.38. The van der Waals surface area contributed by atoms with Crippen molar-refractivity contribution in [3.8, 4) is 11.3 Å². The lowest BCUT2D eigenvalue weighted by Gasteiger charge is -2.28. The Morgan fingerprint density at radius 3 is 2.07 bits per heavy atom. The average Bonchev–Trinajstić information content (AvgIpc) is 3.03. The summed E-state index contributed by atoms with van der Waals surface area (Å²) in [7, 11) is 4.18. The van der Waals surface area contributed by atoms with Crippen LogP contribution in [0.2, 0.25) is 0 Å². The van der Waals surface area contributed by atoms with Crippen molar-refractivity contribution >= 4 is 16.5 Å². The van der Waals surface area contributed by atoms with Crippen molar-refractivity contribution in [2.75, 3.05) is 19.0 Å². The molecule has 0 saturated heterocycles. The standard InChI is InChI=1S/C23H33N3S/c1-16(2)14-25(8)21(17(3)4)26(9)22-24-20(15-27-22)18-10-12-19(13-11-18)23(5,6)7/h10-15H,1-9H3. The predicted molar refractivity (Wildman–Crippen MR) is 120 cm³/mol. The van der Waals surface area contributed by atoms with Gasteiger partial charge >= 0.3 is 0 Å². The topological polar surface area (TPSA) is 19.4 Å². The minimum Gasteiger partial charge on any atom is -0.338 e. The summed E-state index contributed by atoms with van der Waals surface area (Å²) in [6.07, 6.45) is 2.15. The van der Waals surface area contributed by atoms with E-state index in [4.69, 9.17) is 4.98 Å². The number of benzene rings is 1. The summed E-state index contributed by atoms with van der Waals surface area (Å²) in [5.41, 5.74) is 6.22. The fourth-order valence-corrected chi connectivity index (χ4v) is 3.96. The third kappa shape index (κ3) is 5.23. The normalized spacial score (nSPS) is 11.1. The number of nitrogens with zero attached hydrogens (tertiary/aromatic N) is 3. The zero-order chi connectivity index (χ0) is 20.4. The first kappa shape index (κ1) is 21.2. The number of anilines is 1. The lowest BCUT2D eigenvalue weighted by atomic mass is 9.86. The molecule has 1 aromatic heterocycles. The second-order valence-electron chi connectivity index (χ2n) is 8.54. The van der Waals surface area contributed by atoms with E-state index in [1.165, 1.54) is 16.7 Å². The van der Waals surface area contributed by atoms with Crippen LogP contribution in [0.4, 0.5) is 5.13 Å². The van der Waals surface area contributed by atoms with Crippen LogP contribution in [0.3, 0.4) is 0 Å². The van der Waals surface area contributed by atoms with Crippen molar-refractivity contribution in [2.45, 2.75) is 53.9 Å². The molecule has 0 radical (unpaired) electrons. The Morgan fingerprint density at radius 2 is 1.59 bits per heavy atom. The van der Waals surface area contributed by atoms with Gasteiger partial charge < -0.3 is 9.80 Å². The van der Waals surface area contributed by atoms with Crippen molar-refractivity contribution in [3.63, 3.8) is 0 Å². The molecule has 0 bridgehead atoms. The molecule has 3 nitrogen and oxygen atoms in total. The van der Waals surface area contributed by atoms with Gasteiger partial charge in [0.2, 0.25) is 0 Å². The molecule has 1 aromatic carbocycles. The maximum atomic E-state index is 4.90. The first-order valence-corrected chi connectivity index (χ1v) is 10.2. The second-order valence-corrected chi connectivity index (χ2v) is 9.38. The molecular formula is C23H33N3S. The van der Waals surface area contributed by atoms with Crippen LogP contribution in [0, 0.1) is 0 Å². The van der Waals surface area contributed by atoms with Gasteiger partial charge in [-0.05, 0) is 44.2 Å². The zero-order valence-electron chi connectivity index (χ0n) is 18.2. The number of rotatable bonds is 5. The van der Waals surface area contributed by atoms with Gasteiger partial charge in [0.15, 0.2) is 5.13 Å². The molecule has 0 saturated carbocycles. The Morgan fingerprint density at radius 1 is 1.00 bits per heavy atom. The number of allylic oxidation sites excluding steroid dienone is 2. The summed E-state index contributed by atoms with van der Waals surface area (Å²) in [6.45, 7) is 15.2. The van der Waals surface area contributed by atoms with Gasteiger partial charge in [-0.1, -0.05) is 50.6 Å². The van der Waals surface area contributed by atoms with Gasteiger partial charge in [0.25, 0.3) is 0 Å². The van der Waals surface area contributed by atoms with Crippen LogP contribution in [0.25, 0.3) is 11.3 Å². The maximum Gasteiger partial charge on any atom is 0.191 e. The van der Waals surface area contributed by atoms with E-state index in [1.54, 1.807) is 11.3 Å².